The highest BCUT2D eigenvalue weighted by atomic mass is 14.5. The molecule has 0 heteroatoms. The van der Waals surface area contributed by atoms with Crippen LogP contribution in [0.2, 0.25) is 0 Å². The molecule has 0 amide bonds. The summed E-state index contributed by atoms with van der Waals surface area (Å²) < 4.78 is 0. The van der Waals surface area contributed by atoms with Gasteiger partial charge in [-0.1, -0.05) is 33.6 Å². The van der Waals surface area contributed by atoms with Gasteiger partial charge < -0.3 is 0 Å². The first-order valence-electron chi connectivity index (χ1n) is 5.70. The van der Waals surface area contributed by atoms with Gasteiger partial charge in [0.15, 0.2) is 0 Å². The van der Waals surface area contributed by atoms with Crippen molar-refractivity contribution in [1.82, 2.24) is 0 Å². The van der Waals surface area contributed by atoms with Crippen molar-refractivity contribution in [1.29, 1.82) is 0 Å². The Bertz CT molecular complexity index is 161. The highest BCUT2D eigenvalue weighted by Crippen LogP contribution is 2.50. The van der Waals surface area contributed by atoms with Crippen LogP contribution in [0, 0.1) is 29.6 Å². The van der Waals surface area contributed by atoms with Crippen molar-refractivity contribution >= 4 is 0 Å². The predicted octanol–water partition coefficient (Wildman–Crippen LogP) is 3.71. The molecule has 2 saturated carbocycles. The van der Waals surface area contributed by atoms with Crippen molar-refractivity contribution in [2.45, 2.75) is 46.5 Å². The summed E-state index contributed by atoms with van der Waals surface area (Å²) in [5.74, 6) is 5.26. The third kappa shape index (κ3) is 1.41. The van der Waals surface area contributed by atoms with Crippen molar-refractivity contribution in [3.8, 4) is 0 Å². The molecule has 12 heavy (non-hydrogen) atoms. The monoisotopic (exact) mass is 166 g/mol. The van der Waals surface area contributed by atoms with Crippen molar-refractivity contribution in [2.75, 3.05) is 0 Å². The summed E-state index contributed by atoms with van der Waals surface area (Å²) in [4.78, 5) is 0. The van der Waals surface area contributed by atoms with Gasteiger partial charge >= 0.3 is 0 Å². The van der Waals surface area contributed by atoms with Gasteiger partial charge in [-0.2, -0.15) is 0 Å². The molecule has 0 aromatic carbocycles. The summed E-state index contributed by atoms with van der Waals surface area (Å²) in [5, 5.41) is 0. The summed E-state index contributed by atoms with van der Waals surface area (Å²) >= 11 is 0. The lowest BCUT2D eigenvalue weighted by atomic mass is 9.82. The van der Waals surface area contributed by atoms with Gasteiger partial charge in [0.1, 0.15) is 0 Å². The van der Waals surface area contributed by atoms with Crippen LogP contribution >= 0.6 is 0 Å². The van der Waals surface area contributed by atoms with E-state index in [0.29, 0.717) is 0 Å². The van der Waals surface area contributed by atoms with Crippen LogP contribution in [-0.2, 0) is 0 Å². The average Bonchev–Trinajstić information content (AvgIpc) is 2.59. The van der Waals surface area contributed by atoms with E-state index in [2.05, 4.69) is 20.8 Å². The van der Waals surface area contributed by atoms with Crippen molar-refractivity contribution in [3.05, 3.63) is 0 Å². The van der Waals surface area contributed by atoms with Crippen molar-refractivity contribution in [2.24, 2.45) is 29.6 Å². The van der Waals surface area contributed by atoms with Crippen LogP contribution in [-0.4, -0.2) is 0 Å². The Hall–Kier alpha value is 0. The molecule has 5 atom stereocenters. The zero-order valence-electron chi connectivity index (χ0n) is 8.72. The lowest BCUT2D eigenvalue weighted by molar-refractivity contribution is 0.259. The molecule has 0 N–H and O–H groups in total. The number of hydrogen-bond acceptors (Lipinski definition) is 0. The summed E-state index contributed by atoms with van der Waals surface area (Å²) in [7, 11) is 0. The van der Waals surface area contributed by atoms with E-state index in [1.165, 1.54) is 25.7 Å². The quantitative estimate of drug-likeness (QED) is 0.586. The Labute approximate surface area is 76.7 Å². The standard InChI is InChI=1S/C12H22/c1-8-5-4-6-11(8)10(3)12-7-9(12)2/h8-12H,4-7H2,1-3H3. The fourth-order valence-corrected chi connectivity index (χ4v) is 3.36. The maximum Gasteiger partial charge on any atom is -0.0357 e. The van der Waals surface area contributed by atoms with Crippen molar-refractivity contribution < 1.29 is 0 Å². The Kier molecular flexibility index (Phi) is 2.18. The molecule has 0 saturated heterocycles. The first-order chi connectivity index (χ1) is 5.70. The fraction of sp³-hybridized carbons (Fsp3) is 1.00. The molecule has 0 bridgehead atoms. The maximum absolute atomic E-state index is 2.50. The third-order valence-electron chi connectivity index (χ3n) is 4.45. The minimum absolute atomic E-state index is 1.02. The second kappa shape index (κ2) is 3.05. The van der Waals surface area contributed by atoms with Crippen LogP contribution < -0.4 is 0 Å². The normalized spacial score (nSPS) is 49.2. The second-order valence-electron chi connectivity index (χ2n) is 5.31. The summed E-state index contributed by atoms with van der Waals surface area (Å²) in [6, 6.07) is 0. The molecule has 0 spiro atoms. The molecule has 0 heterocycles. The first kappa shape index (κ1) is 8.59. The minimum atomic E-state index is 1.02. The molecule has 70 valence electrons. The average molecular weight is 166 g/mol. The molecule has 0 aliphatic heterocycles. The second-order valence-corrected chi connectivity index (χ2v) is 5.31. The molecule has 2 fully saturated rings. The van der Waals surface area contributed by atoms with Gasteiger partial charge in [0.25, 0.3) is 0 Å². The van der Waals surface area contributed by atoms with Crippen LogP contribution in [0.5, 0.6) is 0 Å². The van der Waals surface area contributed by atoms with E-state index in [9.17, 15) is 0 Å². The lowest BCUT2D eigenvalue weighted by Crippen LogP contribution is -2.16. The molecule has 0 nitrogen and oxygen atoms in total. The van der Waals surface area contributed by atoms with Crippen molar-refractivity contribution in [3.63, 3.8) is 0 Å². The number of rotatable bonds is 2. The van der Waals surface area contributed by atoms with Gasteiger partial charge in [-0.3, -0.25) is 0 Å². The first-order valence-corrected chi connectivity index (χ1v) is 5.70. The smallest absolute Gasteiger partial charge is 0.0357 e. The Morgan fingerprint density at radius 3 is 2.08 bits per heavy atom. The van der Waals surface area contributed by atoms with E-state index in [1.807, 2.05) is 0 Å². The highest BCUT2D eigenvalue weighted by molar-refractivity contribution is 4.92. The third-order valence-corrected chi connectivity index (χ3v) is 4.45. The van der Waals surface area contributed by atoms with E-state index in [4.69, 9.17) is 0 Å². The van der Waals surface area contributed by atoms with Crippen LogP contribution in [0.3, 0.4) is 0 Å². The maximum atomic E-state index is 2.50. The molecule has 0 aromatic heterocycles. The van der Waals surface area contributed by atoms with Gasteiger partial charge in [-0.15, -0.1) is 0 Å². The zero-order chi connectivity index (χ0) is 8.72. The molecule has 0 radical (unpaired) electrons. The predicted molar refractivity (Wildman–Crippen MR) is 52.9 cm³/mol. The summed E-state index contributed by atoms with van der Waals surface area (Å²) in [6.07, 6.45) is 6.03. The summed E-state index contributed by atoms with van der Waals surface area (Å²) in [5.41, 5.74) is 0. The molecular weight excluding hydrogens is 144 g/mol. The highest BCUT2D eigenvalue weighted by Gasteiger charge is 2.42. The van der Waals surface area contributed by atoms with Gasteiger partial charge in [-0.05, 0) is 42.4 Å². The fourth-order valence-electron chi connectivity index (χ4n) is 3.36. The minimum Gasteiger partial charge on any atom is -0.0622 e. The molecule has 2 aliphatic carbocycles. The van der Waals surface area contributed by atoms with Crippen LogP contribution in [0.1, 0.15) is 46.5 Å². The summed E-state index contributed by atoms with van der Waals surface area (Å²) in [6.45, 7) is 7.38. The van der Waals surface area contributed by atoms with Gasteiger partial charge in [0.05, 0.1) is 0 Å². The van der Waals surface area contributed by atoms with Gasteiger partial charge in [0, 0.05) is 0 Å². The van der Waals surface area contributed by atoms with E-state index in [0.717, 1.165) is 29.6 Å². The Balaban J connectivity index is 1.90. The Morgan fingerprint density at radius 1 is 1.00 bits per heavy atom. The van der Waals surface area contributed by atoms with Crippen LogP contribution in [0.4, 0.5) is 0 Å². The van der Waals surface area contributed by atoms with E-state index in [1.54, 1.807) is 0 Å². The van der Waals surface area contributed by atoms with Crippen LogP contribution in [0.25, 0.3) is 0 Å². The van der Waals surface area contributed by atoms with E-state index >= 15 is 0 Å². The zero-order valence-corrected chi connectivity index (χ0v) is 8.72. The van der Waals surface area contributed by atoms with E-state index in [-0.39, 0.29) is 0 Å². The lowest BCUT2D eigenvalue weighted by Gasteiger charge is -2.23. The van der Waals surface area contributed by atoms with Gasteiger partial charge in [0.2, 0.25) is 0 Å². The molecular formula is C12H22. The molecule has 0 aromatic rings. The Morgan fingerprint density at radius 2 is 1.67 bits per heavy atom. The number of hydrogen-bond donors (Lipinski definition) is 0. The SMILES string of the molecule is CC1CCCC1C(C)C1CC1C. The largest absolute Gasteiger partial charge is 0.0622 e. The molecule has 2 rings (SSSR count). The topological polar surface area (TPSA) is 0 Å². The van der Waals surface area contributed by atoms with Crippen LogP contribution in [0.15, 0.2) is 0 Å². The molecule has 2 aliphatic rings. The van der Waals surface area contributed by atoms with Gasteiger partial charge in [-0.25, -0.2) is 0 Å². The van der Waals surface area contributed by atoms with E-state index < -0.39 is 0 Å². The molecule has 5 unspecified atom stereocenters.